The number of aromatic hydroxyl groups is 1. The number of methoxy groups -OCH3 is 2. The number of benzene rings is 1. The zero-order chi connectivity index (χ0) is 10.3. The first-order chi connectivity index (χ1) is 6.29. The molecule has 0 spiro atoms. The zero-order valence-corrected chi connectivity index (χ0v) is 7.91. The lowest BCUT2D eigenvalue weighted by atomic mass is 10.3. The van der Waals surface area contributed by atoms with Gasteiger partial charge in [-0.05, 0) is 12.1 Å². The highest BCUT2D eigenvalue weighted by Crippen LogP contribution is 2.34. The average molecular weight is 182 g/mol. The molecule has 13 heavy (non-hydrogen) atoms. The molecule has 0 saturated heterocycles. The van der Waals surface area contributed by atoms with Crippen molar-refractivity contribution in [1.82, 2.24) is 0 Å². The number of hydrogen-bond donors (Lipinski definition) is 1. The maximum atomic E-state index is 9.34. The fourth-order valence-electron chi connectivity index (χ4n) is 0.832. The Morgan fingerprint density at radius 1 is 1.08 bits per heavy atom. The van der Waals surface area contributed by atoms with Crippen molar-refractivity contribution >= 4 is 0 Å². The normalized spacial score (nSPS) is 8.15. The van der Waals surface area contributed by atoms with Gasteiger partial charge in [-0.25, -0.2) is 0 Å². The first kappa shape index (κ1) is 11.4. The predicted molar refractivity (Wildman–Crippen MR) is 52.5 cm³/mol. The summed E-state index contributed by atoms with van der Waals surface area (Å²) in [6.07, 6.45) is 0. The van der Waals surface area contributed by atoms with Crippen LogP contribution in [0.3, 0.4) is 0 Å². The van der Waals surface area contributed by atoms with Crippen LogP contribution in [0.5, 0.6) is 17.2 Å². The minimum Gasteiger partial charge on any atom is -0.502 e. The lowest BCUT2D eigenvalue weighted by Gasteiger charge is -2.06. The summed E-state index contributed by atoms with van der Waals surface area (Å²) in [4.78, 5) is 0. The second kappa shape index (κ2) is 5.94. The highest BCUT2D eigenvalue weighted by Gasteiger charge is 2.05. The SMILES string of the molecule is C=C.COc1cccc(OC)c1O. The summed E-state index contributed by atoms with van der Waals surface area (Å²) >= 11 is 0. The summed E-state index contributed by atoms with van der Waals surface area (Å²) < 4.78 is 9.71. The molecule has 72 valence electrons. The Morgan fingerprint density at radius 2 is 1.46 bits per heavy atom. The summed E-state index contributed by atoms with van der Waals surface area (Å²) in [7, 11) is 2.99. The molecule has 0 saturated carbocycles. The van der Waals surface area contributed by atoms with Gasteiger partial charge in [0.25, 0.3) is 0 Å². The van der Waals surface area contributed by atoms with Gasteiger partial charge in [0.15, 0.2) is 11.5 Å². The third kappa shape index (κ3) is 2.71. The van der Waals surface area contributed by atoms with Gasteiger partial charge in [-0.15, -0.1) is 13.2 Å². The molecule has 3 heteroatoms. The van der Waals surface area contributed by atoms with Gasteiger partial charge in [0, 0.05) is 0 Å². The molecule has 0 radical (unpaired) electrons. The molecule has 1 N–H and O–H groups in total. The van der Waals surface area contributed by atoms with Crippen molar-refractivity contribution < 1.29 is 14.6 Å². The van der Waals surface area contributed by atoms with E-state index in [9.17, 15) is 5.11 Å². The molecule has 0 heterocycles. The smallest absolute Gasteiger partial charge is 0.200 e. The van der Waals surface area contributed by atoms with Gasteiger partial charge in [0.05, 0.1) is 14.2 Å². The zero-order valence-electron chi connectivity index (χ0n) is 7.91. The number of hydrogen-bond acceptors (Lipinski definition) is 3. The van der Waals surface area contributed by atoms with Crippen molar-refractivity contribution in [2.45, 2.75) is 0 Å². The fraction of sp³-hybridized carbons (Fsp3) is 0.200. The monoisotopic (exact) mass is 182 g/mol. The van der Waals surface area contributed by atoms with Crippen LogP contribution in [0.25, 0.3) is 0 Å². The maximum Gasteiger partial charge on any atom is 0.200 e. The van der Waals surface area contributed by atoms with Gasteiger partial charge < -0.3 is 14.6 Å². The van der Waals surface area contributed by atoms with Gasteiger partial charge in [0.2, 0.25) is 5.75 Å². The minimum atomic E-state index is 0.0394. The van der Waals surface area contributed by atoms with E-state index in [1.807, 2.05) is 0 Å². The van der Waals surface area contributed by atoms with E-state index in [-0.39, 0.29) is 5.75 Å². The first-order valence-electron chi connectivity index (χ1n) is 3.69. The van der Waals surface area contributed by atoms with Crippen LogP contribution in [-0.4, -0.2) is 19.3 Å². The van der Waals surface area contributed by atoms with Gasteiger partial charge in [-0.1, -0.05) is 6.07 Å². The van der Waals surface area contributed by atoms with Crippen molar-refractivity contribution in [2.75, 3.05) is 14.2 Å². The molecule has 1 rings (SSSR count). The van der Waals surface area contributed by atoms with E-state index in [1.165, 1.54) is 14.2 Å². The molecule has 0 amide bonds. The van der Waals surface area contributed by atoms with Crippen molar-refractivity contribution in [2.24, 2.45) is 0 Å². The highest BCUT2D eigenvalue weighted by molar-refractivity contribution is 5.49. The second-order valence-corrected chi connectivity index (χ2v) is 2.01. The molecule has 0 aliphatic rings. The molecule has 0 bridgehead atoms. The number of phenols is 1. The number of phenolic OH excluding ortho intramolecular Hbond substituents is 1. The molecule has 0 atom stereocenters. The summed E-state index contributed by atoms with van der Waals surface area (Å²) in [5, 5.41) is 9.34. The van der Waals surface area contributed by atoms with E-state index in [4.69, 9.17) is 9.47 Å². The summed E-state index contributed by atoms with van der Waals surface area (Å²) in [6.45, 7) is 6.00. The summed E-state index contributed by atoms with van der Waals surface area (Å²) in [5.74, 6) is 0.881. The Bertz CT molecular complexity index is 236. The van der Waals surface area contributed by atoms with Gasteiger partial charge >= 0.3 is 0 Å². The first-order valence-corrected chi connectivity index (χ1v) is 3.69. The second-order valence-electron chi connectivity index (χ2n) is 2.01. The summed E-state index contributed by atoms with van der Waals surface area (Å²) in [5.41, 5.74) is 0. The molecular formula is C10H14O3. The third-order valence-electron chi connectivity index (χ3n) is 1.40. The van der Waals surface area contributed by atoms with Crippen molar-refractivity contribution in [3.8, 4) is 17.2 Å². The highest BCUT2D eigenvalue weighted by atomic mass is 16.5. The van der Waals surface area contributed by atoms with Crippen LogP contribution in [0.4, 0.5) is 0 Å². The van der Waals surface area contributed by atoms with Gasteiger partial charge in [0.1, 0.15) is 0 Å². The van der Waals surface area contributed by atoms with E-state index in [0.717, 1.165) is 0 Å². The van der Waals surface area contributed by atoms with Gasteiger partial charge in [-0.3, -0.25) is 0 Å². The molecule has 1 aromatic rings. The van der Waals surface area contributed by atoms with Crippen LogP contribution < -0.4 is 9.47 Å². The van der Waals surface area contributed by atoms with Crippen LogP contribution in [0.15, 0.2) is 31.4 Å². The topological polar surface area (TPSA) is 38.7 Å². The Hall–Kier alpha value is -1.64. The summed E-state index contributed by atoms with van der Waals surface area (Å²) in [6, 6.07) is 5.08. The molecule has 0 aliphatic carbocycles. The van der Waals surface area contributed by atoms with E-state index in [1.54, 1.807) is 18.2 Å². The van der Waals surface area contributed by atoms with Crippen LogP contribution in [0.1, 0.15) is 0 Å². The minimum absolute atomic E-state index is 0.0394. The third-order valence-corrected chi connectivity index (χ3v) is 1.40. The molecule has 1 aromatic carbocycles. The van der Waals surface area contributed by atoms with E-state index in [0.29, 0.717) is 11.5 Å². The molecule has 0 aromatic heterocycles. The largest absolute Gasteiger partial charge is 0.502 e. The number of para-hydroxylation sites is 1. The molecular weight excluding hydrogens is 168 g/mol. The quantitative estimate of drug-likeness (QED) is 0.713. The fourth-order valence-corrected chi connectivity index (χ4v) is 0.832. The molecule has 0 aliphatic heterocycles. The lowest BCUT2D eigenvalue weighted by molar-refractivity contribution is 0.340. The van der Waals surface area contributed by atoms with Crippen LogP contribution in [-0.2, 0) is 0 Å². The molecule has 3 nitrogen and oxygen atoms in total. The number of rotatable bonds is 2. The van der Waals surface area contributed by atoms with E-state index in [2.05, 4.69) is 13.2 Å². The standard InChI is InChI=1S/C8H10O3.C2H4/c1-10-6-4-3-5-7(11-2)8(6)9;1-2/h3-5,9H,1-2H3;1-2H2. The molecule has 0 fully saturated rings. The Kier molecular flexibility index (Phi) is 5.19. The average Bonchev–Trinajstić information content (AvgIpc) is 2.21. The van der Waals surface area contributed by atoms with E-state index >= 15 is 0 Å². The van der Waals surface area contributed by atoms with E-state index < -0.39 is 0 Å². The van der Waals surface area contributed by atoms with Crippen LogP contribution in [0, 0.1) is 0 Å². The van der Waals surface area contributed by atoms with Crippen molar-refractivity contribution in [3.05, 3.63) is 31.4 Å². The Morgan fingerprint density at radius 3 is 1.77 bits per heavy atom. The number of ether oxygens (including phenoxy) is 2. The van der Waals surface area contributed by atoms with Crippen LogP contribution in [0.2, 0.25) is 0 Å². The van der Waals surface area contributed by atoms with Crippen molar-refractivity contribution in [3.63, 3.8) is 0 Å². The maximum absolute atomic E-state index is 9.34. The Balaban J connectivity index is 0.000000671. The predicted octanol–water partition coefficient (Wildman–Crippen LogP) is 2.21. The lowest BCUT2D eigenvalue weighted by Crippen LogP contribution is -1.87. The van der Waals surface area contributed by atoms with Gasteiger partial charge in [-0.2, -0.15) is 0 Å². The van der Waals surface area contributed by atoms with Crippen LogP contribution >= 0.6 is 0 Å². The Labute approximate surface area is 78.2 Å². The van der Waals surface area contributed by atoms with Crippen molar-refractivity contribution in [1.29, 1.82) is 0 Å². The molecule has 0 unspecified atom stereocenters.